The zero-order valence-corrected chi connectivity index (χ0v) is 15.1. The Labute approximate surface area is 125 Å². The molecule has 0 aliphatic rings. The monoisotopic (exact) mass is 291 g/mol. The van der Waals surface area contributed by atoms with Crippen LogP contribution in [-0.2, 0) is 4.53 Å². The highest BCUT2D eigenvalue weighted by Gasteiger charge is 2.39. The average Bonchev–Trinajstić information content (AvgIpc) is 2.34. The Morgan fingerprint density at radius 1 is 1.15 bits per heavy atom. The van der Waals surface area contributed by atoms with Gasteiger partial charge in [0.15, 0.2) is 0 Å². The Balaban J connectivity index is 2.97. The maximum Gasteiger partial charge on any atom is 0.286 e. The molecule has 20 heavy (non-hydrogen) atoms. The maximum absolute atomic E-state index is 6.02. The molecule has 0 amide bonds. The minimum absolute atomic E-state index is 0.182. The van der Waals surface area contributed by atoms with Gasteiger partial charge < -0.3 is 4.53 Å². The van der Waals surface area contributed by atoms with E-state index < -0.39 is 8.32 Å². The topological polar surface area (TPSA) is 21.6 Å². The van der Waals surface area contributed by atoms with Crippen LogP contribution in [0.25, 0.3) is 0 Å². The summed E-state index contributed by atoms with van der Waals surface area (Å²) in [6.45, 7) is 15.5. The molecule has 0 unspecified atom stereocenters. The summed E-state index contributed by atoms with van der Waals surface area (Å²) in [6, 6.07) is 8.54. The molecule has 0 aromatic heterocycles. The molecule has 1 aromatic carbocycles. The van der Waals surface area contributed by atoms with Crippen LogP contribution in [0.15, 0.2) is 29.4 Å². The van der Waals surface area contributed by atoms with Crippen LogP contribution in [0.5, 0.6) is 0 Å². The van der Waals surface area contributed by atoms with E-state index >= 15 is 0 Å². The number of oxime groups is 1. The highest BCUT2D eigenvalue weighted by Crippen LogP contribution is 2.36. The zero-order valence-electron chi connectivity index (χ0n) is 14.1. The van der Waals surface area contributed by atoms with Gasteiger partial charge in [0.25, 0.3) is 8.32 Å². The summed E-state index contributed by atoms with van der Waals surface area (Å²) in [4.78, 5) is 0. The van der Waals surface area contributed by atoms with Gasteiger partial charge in [-0.1, -0.05) is 63.9 Å². The van der Waals surface area contributed by atoms with Crippen LogP contribution in [0.2, 0.25) is 18.1 Å². The van der Waals surface area contributed by atoms with Gasteiger partial charge in [-0.2, -0.15) is 0 Å². The van der Waals surface area contributed by atoms with Crippen molar-refractivity contribution in [2.24, 2.45) is 5.16 Å². The lowest BCUT2D eigenvalue weighted by Gasteiger charge is -2.33. The van der Waals surface area contributed by atoms with E-state index in [0.717, 1.165) is 18.6 Å². The van der Waals surface area contributed by atoms with Gasteiger partial charge in [-0.05, 0) is 37.0 Å². The quantitative estimate of drug-likeness (QED) is 0.397. The molecule has 0 fully saturated rings. The van der Waals surface area contributed by atoms with Gasteiger partial charge in [0.05, 0.1) is 5.71 Å². The zero-order chi connectivity index (χ0) is 15.4. The van der Waals surface area contributed by atoms with Crippen molar-refractivity contribution in [2.45, 2.75) is 65.6 Å². The predicted octanol–water partition coefficient (Wildman–Crippen LogP) is 5.52. The van der Waals surface area contributed by atoms with Crippen molar-refractivity contribution in [3.8, 4) is 0 Å². The summed E-state index contributed by atoms with van der Waals surface area (Å²) in [7, 11) is -1.83. The second-order valence-electron chi connectivity index (χ2n) is 7.01. The lowest BCUT2D eigenvalue weighted by molar-refractivity contribution is 0.307. The first-order valence-electron chi connectivity index (χ1n) is 7.49. The normalized spacial score (nSPS) is 13.4. The molecule has 0 radical (unpaired) electrons. The van der Waals surface area contributed by atoms with Gasteiger partial charge in [-0.15, -0.1) is 5.16 Å². The minimum atomic E-state index is -1.83. The number of aryl methyl sites for hydroxylation is 1. The molecule has 0 aliphatic heterocycles. The molecule has 0 N–H and O–H groups in total. The van der Waals surface area contributed by atoms with E-state index in [4.69, 9.17) is 4.53 Å². The van der Waals surface area contributed by atoms with Crippen molar-refractivity contribution in [3.05, 3.63) is 35.4 Å². The second-order valence-corrected chi connectivity index (χ2v) is 11.7. The van der Waals surface area contributed by atoms with Crippen molar-refractivity contribution in [1.29, 1.82) is 0 Å². The van der Waals surface area contributed by atoms with E-state index in [9.17, 15) is 0 Å². The summed E-state index contributed by atoms with van der Waals surface area (Å²) < 4.78 is 6.02. The third kappa shape index (κ3) is 4.48. The van der Waals surface area contributed by atoms with E-state index in [0.29, 0.717) is 0 Å². The van der Waals surface area contributed by atoms with Crippen LogP contribution in [0.4, 0.5) is 0 Å². The Bertz CT molecular complexity index is 455. The first kappa shape index (κ1) is 17.0. The smallest absolute Gasteiger partial charge is 0.286 e. The molecule has 112 valence electrons. The third-order valence-electron chi connectivity index (χ3n) is 4.06. The van der Waals surface area contributed by atoms with Crippen LogP contribution in [0, 0.1) is 6.92 Å². The highest BCUT2D eigenvalue weighted by atomic mass is 28.4. The lowest BCUT2D eigenvalue weighted by atomic mass is 10.0. The number of hydrogen-bond donors (Lipinski definition) is 0. The van der Waals surface area contributed by atoms with Crippen molar-refractivity contribution in [3.63, 3.8) is 0 Å². The van der Waals surface area contributed by atoms with Gasteiger partial charge in [0, 0.05) is 0 Å². The number of nitrogens with zero attached hydrogens (tertiary/aromatic N) is 1. The van der Waals surface area contributed by atoms with Crippen molar-refractivity contribution < 1.29 is 4.53 Å². The van der Waals surface area contributed by atoms with E-state index in [1.807, 2.05) is 0 Å². The Morgan fingerprint density at radius 3 is 2.15 bits per heavy atom. The van der Waals surface area contributed by atoms with Gasteiger partial charge >= 0.3 is 0 Å². The largest absolute Gasteiger partial charge is 0.455 e. The molecule has 3 heteroatoms. The molecule has 1 aromatic rings. The number of hydrogen-bond acceptors (Lipinski definition) is 2. The van der Waals surface area contributed by atoms with Crippen molar-refractivity contribution >= 4 is 14.0 Å². The highest BCUT2D eigenvalue weighted by molar-refractivity contribution is 6.74. The molecule has 0 saturated heterocycles. The van der Waals surface area contributed by atoms with Gasteiger partial charge in [-0.3, -0.25) is 0 Å². The predicted molar refractivity (Wildman–Crippen MR) is 90.9 cm³/mol. The third-order valence-corrected chi connectivity index (χ3v) is 8.22. The molecule has 1 rings (SSSR count). The molecule has 0 atom stereocenters. The van der Waals surface area contributed by atoms with Crippen molar-refractivity contribution in [1.82, 2.24) is 0 Å². The number of benzene rings is 1. The van der Waals surface area contributed by atoms with Crippen molar-refractivity contribution in [2.75, 3.05) is 0 Å². The van der Waals surface area contributed by atoms with E-state index in [2.05, 4.69) is 77.1 Å². The van der Waals surface area contributed by atoms with Crippen LogP contribution < -0.4 is 0 Å². The van der Waals surface area contributed by atoms with Gasteiger partial charge in [0.1, 0.15) is 0 Å². The SMILES string of the molecule is CCCC(=NO[Si](C)(C)C(C)(C)C)c1ccc(C)cc1. The van der Waals surface area contributed by atoms with E-state index in [1.54, 1.807) is 0 Å². The van der Waals surface area contributed by atoms with Crippen LogP contribution in [0.3, 0.4) is 0 Å². The Morgan fingerprint density at radius 2 is 1.70 bits per heavy atom. The first-order chi connectivity index (χ1) is 9.17. The molecule has 0 spiro atoms. The first-order valence-corrected chi connectivity index (χ1v) is 10.4. The summed E-state index contributed by atoms with van der Waals surface area (Å²) in [5, 5.41) is 4.71. The van der Waals surface area contributed by atoms with Gasteiger partial charge in [0.2, 0.25) is 0 Å². The lowest BCUT2D eigenvalue weighted by Crippen LogP contribution is -2.39. The molecule has 0 bridgehead atoms. The Kier molecular flexibility index (Phi) is 5.57. The average molecular weight is 292 g/mol. The van der Waals surface area contributed by atoms with Gasteiger partial charge in [-0.25, -0.2) is 0 Å². The minimum Gasteiger partial charge on any atom is -0.455 e. The summed E-state index contributed by atoms with van der Waals surface area (Å²) in [5.41, 5.74) is 3.52. The summed E-state index contributed by atoms with van der Waals surface area (Å²) in [5.74, 6) is 0. The molecule has 0 saturated carbocycles. The fourth-order valence-corrected chi connectivity index (χ4v) is 2.14. The fourth-order valence-electron chi connectivity index (χ4n) is 1.53. The fraction of sp³-hybridized carbons (Fsp3) is 0.588. The molecule has 2 nitrogen and oxygen atoms in total. The van der Waals surface area contributed by atoms with E-state index in [1.165, 1.54) is 11.1 Å². The maximum atomic E-state index is 6.02. The summed E-state index contributed by atoms with van der Waals surface area (Å²) >= 11 is 0. The van der Waals surface area contributed by atoms with Crippen LogP contribution >= 0.6 is 0 Å². The number of rotatable bonds is 5. The van der Waals surface area contributed by atoms with E-state index in [-0.39, 0.29) is 5.04 Å². The Hall–Kier alpha value is -1.09. The summed E-state index contributed by atoms with van der Waals surface area (Å²) in [6.07, 6.45) is 2.03. The standard InChI is InChI=1S/C17H29NOSi/c1-8-9-16(15-12-10-14(2)11-13-15)18-19-20(6,7)17(3,4)5/h10-13H,8-9H2,1-7H3. The molecule has 0 heterocycles. The van der Waals surface area contributed by atoms with Crippen LogP contribution in [-0.4, -0.2) is 14.0 Å². The molecular formula is C17H29NOSi. The molecular weight excluding hydrogens is 262 g/mol. The second kappa shape index (κ2) is 6.57. The molecule has 0 aliphatic carbocycles. The van der Waals surface area contributed by atoms with Crippen LogP contribution in [0.1, 0.15) is 51.7 Å².